The Labute approximate surface area is 156 Å². The maximum absolute atomic E-state index is 11.7. The van der Waals surface area contributed by atoms with Gasteiger partial charge in [-0.2, -0.15) is 0 Å². The third-order valence-corrected chi connectivity index (χ3v) is 3.43. The Balaban J connectivity index is 1.61. The maximum atomic E-state index is 11.7. The first-order chi connectivity index (χ1) is 13.1. The molecule has 2 aromatic rings. The second kappa shape index (κ2) is 10.4. The molecule has 8 nitrogen and oxygen atoms in total. The second-order valence-corrected chi connectivity index (χ2v) is 5.46. The highest BCUT2D eigenvalue weighted by Crippen LogP contribution is 2.14. The molecule has 0 aliphatic rings. The average Bonchev–Trinajstić information content (AvgIpc) is 2.70. The number of carbonyl (C=O) groups is 3. The van der Waals surface area contributed by atoms with Crippen LogP contribution in [0.5, 0.6) is 5.75 Å². The predicted octanol–water partition coefficient (Wildman–Crippen LogP) is 1.68. The summed E-state index contributed by atoms with van der Waals surface area (Å²) in [6.07, 6.45) is 0. The van der Waals surface area contributed by atoms with E-state index >= 15 is 0 Å². The predicted molar refractivity (Wildman–Crippen MR) is 99.3 cm³/mol. The number of esters is 1. The van der Waals surface area contributed by atoms with Gasteiger partial charge in [-0.3, -0.25) is 9.59 Å². The fraction of sp³-hybridized carbons (Fsp3) is 0.211. The molecule has 0 fully saturated rings. The van der Waals surface area contributed by atoms with Crippen LogP contribution in [-0.4, -0.2) is 38.2 Å². The molecule has 2 aromatic carbocycles. The number of hydrogen-bond donors (Lipinski definition) is 3. The van der Waals surface area contributed by atoms with Crippen molar-refractivity contribution in [2.75, 3.05) is 25.6 Å². The minimum atomic E-state index is -0.713. The molecular weight excluding hydrogens is 350 g/mol. The summed E-state index contributed by atoms with van der Waals surface area (Å²) in [5, 5.41) is 7.56. The first kappa shape index (κ1) is 19.8. The Hall–Kier alpha value is -3.55. The number of hydrogen-bond acceptors (Lipinski definition) is 5. The van der Waals surface area contributed by atoms with E-state index in [0.717, 1.165) is 5.56 Å². The number of nitrogens with one attached hydrogen (secondary N) is 3. The van der Waals surface area contributed by atoms with Gasteiger partial charge in [0.05, 0.1) is 7.11 Å². The van der Waals surface area contributed by atoms with E-state index in [1.807, 2.05) is 30.3 Å². The molecule has 0 aliphatic carbocycles. The van der Waals surface area contributed by atoms with Gasteiger partial charge in [-0.15, -0.1) is 0 Å². The van der Waals surface area contributed by atoms with Crippen molar-refractivity contribution in [2.45, 2.75) is 6.54 Å². The average molecular weight is 371 g/mol. The van der Waals surface area contributed by atoms with Crippen molar-refractivity contribution in [1.82, 2.24) is 10.6 Å². The van der Waals surface area contributed by atoms with Crippen molar-refractivity contribution in [3.63, 3.8) is 0 Å². The van der Waals surface area contributed by atoms with Gasteiger partial charge in [-0.25, -0.2) is 4.79 Å². The lowest BCUT2D eigenvalue weighted by atomic mass is 10.2. The molecule has 0 aromatic heterocycles. The number of carbonyl (C=O) groups excluding carboxylic acids is 3. The van der Waals surface area contributed by atoms with Crippen molar-refractivity contribution in [2.24, 2.45) is 0 Å². The third kappa shape index (κ3) is 7.47. The second-order valence-electron chi connectivity index (χ2n) is 5.46. The number of benzene rings is 2. The number of methoxy groups -OCH3 is 1. The number of urea groups is 1. The zero-order valence-electron chi connectivity index (χ0n) is 14.9. The number of amides is 3. The molecule has 0 heterocycles. The topological polar surface area (TPSA) is 106 Å². The fourth-order valence-electron chi connectivity index (χ4n) is 2.06. The van der Waals surface area contributed by atoms with E-state index < -0.39 is 24.5 Å². The lowest BCUT2D eigenvalue weighted by molar-refractivity contribution is -0.146. The van der Waals surface area contributed by atoms with Gasteiger partial charge >= 0.3 is 12.0 Å². The van der Waals surface area contributed by atoms with E-state index in [0.29, 0.717) is 18.0 Å². The summed E-state index contributed by atoms with van der Waals surface area (Å²) in [5.41, 5.74) is 1.49. The summed E-state index contributed by atoms with van der Waals surface area (Å²) in [6, 6.07) is 15.6. The lowest BCUT2D eigenvalue weighted by Crippen LogP contribution is -2.39. The smallest absolute Gasteiger partial charge is 0.325 e. The van der Waals surface area contributed by atoms with Crippen molar-refractivity contribution in [1.29, 1.82) is 0 Å². The van der Waals surface area contributed by atoms with Gasteiger partial charge in [0, 0.05) is 12.2 Å². The van der Waals surface area contributed by atoms with Crippen LogP contribution >= 0.6 is 0 Å². The highest BCUT2D eigenvalue weighted by atomic mass is 16.5. The van der Waals surface area contributed by atoms with Crippen molar-refractivity contribution in [3.8, 4) is 5.75 Å². The van der Waals surface area contributed by atoms with E-state index in [1.54, 1.807) is 31.4 Å². The summed E-state index contributed by atoms with van der Waals surface area (Å²) < 4.78 is 9.84. The zero-order chi connectivity index (χ0) is 19.5. The number of anilines is 1. The largest absolute Gasteiger partial charge is 0.497 e. The summed E-state index contributed by atoms with van der Waals surface area (Å²) in [5.74, 6) is -0.534. The Morgan fingerprint density at radius 1 is 0.926 bits per heavy atom. The van der Waals surface area contributed by atoms with Crippen molar-refractivity contribution < 1.29 is 23.9 Å². The molecule has 8 heteroatoms. The maximum Gasteiger partial charge on any atom is 0.325 e. The normalized spacial score (nSPS) is 9.81. The van der Waals surface area contributed by atoms with Crippen LogP contribution in [0.15, 0.2) is 54.6 Å². The van der Waals surface area contributed by atoms with Gasteiger partial charge in [0.2, 0.25) is 0 Å². The molecule has 142 valence electrons. The summed E-state index contributed by atoms with van der Waals surface area (Å²) in [4.78, 5) is 35.0. The first-order valence-electron chi connectivity index (χ1n) is 8.22. The van der Waals surface area contributed by atoms with Gasteiger partial charge in [0.25, 0.3) is 5.91 Å². The molecular formula is C19H21N3O5. The highest BCUT2D eigenvalue weighted by Gasteiger charge is 2.09. The van der Waals surface area contributed by atoms with E-state index in [1.165, 1.54) is 0 Å². The van der Waals surface area contributed by atoms with Crippen LogP contribution in [0.3, 0.4) is 0 Å². The monoisotopic (exact) mass is 371 g/mol. The van der Waals surface area contributed by atoms with E-state index in [-0.39, 0.29) is 6.54 Å². The summed E-state index contributed by atoms with van der Waals surface area (Å²) >= 11 is 0. The molecule has 0 aliphatic heterocycles. The quantitative estimate of drug-likeness (QED) is 0.612. The molecule has 0 saturated carbocycles. The Morgan fingerprint density at radius 3 is 2.30 bits per heavy atom. The molecule has 27 heavy (non-hydrogen) atoms. The minimum Gasteiger partial charge on any atom is -0.497 e. The van der Waals surface area contributed by atoms with Gasteiger partial charge in [0.1, 0.15) is 12.3 Å². The summed E-state index contributed by atoms with van der Waals surface area (Å²) in [6.45, 7) is -0.444. The van der Waals surface area contributed by atoms with E-state index in [2.05, 4.69) is 16.0 Å². The molecule has 0 unspecified atom stereocenters. The van der Waals surface area contributed by atoms with Crippen molar-refractivity contribution >= 4 is 23.6 Å². The van der Waals surface area contributed by atoms with Crippen LogP contribution in [-0.2, 0) is 20.9 Å². The van der Waals surface area contributed by atoms with Crippen LogP contribution in [0.1, 0.15) is 5.56 Å². The van der Waals surface area contributed by atoms with Crippen molar-refractivity contribution in [3.05, 3.63) is 60.2 Å². The molecule has 0 saturated heterocycles. The first-order valence-corrected chi connectivity index (χ1v) is 8.22. The third-order valence-electron chi connectivity index (χ3n) is 3.43. The zero-order valence-corrected chi connectivity index (χ0v) is 14.9. The fourth-order valence-corrected chi connectivity index (χ4v) is 2.06. The molecule has 0 bridgehead atoms. The standard InChI is InChI=1S/C19H21N3O5/c1-26-16-9-7-15(8-10-16)22-17(23)13-27-18(24)12-21-19(25)20-11-14-5-3-2-4-6-14/h2-10H,11-13H2,1H3,(H,22,23)(H2,20,21,25). The van der Waals surface area contributed by atoms with Gasteiger partial charge in [0.15, 0.2) is 6.61 Å². The number of ether oxygens (including phenoxy) is 2. The highest BCUT2D eigenvalue weighted by molar-refractivity contribution is 5.93. The Bertz CT molecular complexity index is 763. The van der Waals surface area contributed by atoms with Crippen LogP contribution in [0.4, 0.5) is 10.5 Å². The van der Waals surface area contributed by atoms with E-state index in [4.69, 9.17) is 9.47 Å². The lowest BCUT2D eigenvalue weighted by Gasteiger charge is -2.09. The molecule has 0 radical (unpaired) electrons. The van der Waals surface area contributed by atoms with Gasteiger partial charge < -0.3 is 25.4 Å². The van der Waals surface area contributed by atoms with E-state index in [9.17, 15) is 14.4 Å². The van der Waals surface area contributed by atoms with Crippen LogP contribution < -0.4 is 20.7 Å². The number of rotatable bonds is 8. The molecule has 3 amide bonds. The molecule has 0 atom stereocenters. The molecule has 3 N–H and O–H groups in total. The van der Waals surface area contributed by atoms with Gasteiger partial charge in [-0.1, -0.05) is 30.3 Å². The SMILES string of the molecule is COc1ccc(NC(=O)COC(=O)CNC(=O)NCc2ccccc2)cc1. The van der Waals surface area contributed by atoms with Gasteiger partial charge in [-0.05, 0) is 29.8 Å². The van der Waals surface area contributed by atoms with Crippen LogP contribution in [0, 0.1) is 0 Å². The summed E-state index contributed by atoms with van der Waals surface area (Å²) in [7, 11) is 1.54. The van der Waals surface area contributed by atoms with Crippen LogP contribution in [0.25, 0.3) is 0 Å². The minimum absolute atomic E-state index is 0.337. The molecule has 0 spiro atoms. The Kier molecular flexibility index (Phi) is 7.65. The Morgan fingerprint density at radius 2 is 1.63 bits per heavy atom. The van der Waals surface area contributed by atoms with Crippen LogP contribution in [0.2, 0.25) is 0 Å². The molecule has 2 rings (SSSR count).